The SMILES string of the molecule is N#Cc1ccc2oc(OCc3ccccc3)c(-c3ccc([N+](=O)[O-])cc3)c(=O)c2c1O. The molecule has 31 heavy (non-hydrogen) atoms. The van der Waals surface area contributed by atoms with E-state index in [0.717, 1.165) is 5.56 Å². The lowest BCUT2D eigenvalue weighted by molar-refractivity contribution is -0.384. The Bertz CT molecular complexity index is 1390. The first-order valence-corrected chi connectivity index (χ1v) is 9.14. The van der Waals surface area contributed by atoms with Crippen LogP contribution in [-0.2, 0) is 6.61 Å². The molecule has 8 heteroatoms. The van der Waals surface area contributed by atoms with Crippen molar-refractivity contribution in [3.8, 4) is 28.9 Å². The molecule has 8 nitrogen and oxygen atoms in total. The predicted molar refractivity (Wildman–Crippen MR) is 112 cm³/mol. The van der Waals surface area contributed by atoms with E-state index in [1.165, 1.54) is 36.4 Å². The summed E-state index contributed by atoms with van der Waals surface area (Å²) in [6.45, 7) is 0.109. The Morgan fingerprint density at radius 2 is 1.77 bits per heavy atom. The van der Waals surface area contributed by atoms with E-state index in [9.17, 15) is 25.3 Å². The first kappa shape index (κ1) is 19.7. The number of phenols is 1. The van der Waals surface area contributed by atoms with Gasteiger partial charge in [-0.05, 0) is 35.4 Å². The average molecular weight is 414 g/mol. The first-order chi connectivity index (χ1) is 15.0. The summed E-state index contributed by atoms with van der Waals surface area (Å²) in [5.41, 5.74) is 0.350. The van der Waals surface area contributed by atoms with Crippen LogP contribution in [0.15, 0.2) is 75.9 Å². The Morgan fingerprint density at radius 3 is 2.42 bits per heavy atom. The van der Waals surface area contributed by atoms with Gasteiger partial charge >= 0.3 is 0 Å². The second kappa shape index (κ2) is 8.00. The fourth-order valence-electron chi connectivity index (χ4n) is 3.16. The van der Waals surface area contributed by atoms with Crippen molar-refractivity contribution in [3.05, 3.63) is 98.2 Å². The zero-order valence-corrected chi connectivity index (χ0v) is 15.9. The average Bonchev–Trinajstić information content (AvgIpc) is 2.78. The second-order valence-corrected chi connectivity index (χ2v) is 6.62. The van der Waals surface area contributed by atoms with Crippen molar-refractivity contribution >= 4 is 16.7 Å². The summed E-state index contributed by atoms with van der Waals surface area (Å²) < 4.78 is 11.6. The maximum absolute atomic E-state index is 13.3. The van der Waals surface area contributed by atoms with E-state index in [1.54, 1.807) is 0 Å². The molecule has 0 bridgehead atoms. The number of rotatable bonds is 5. The summed E-state index contributed by atoms with van der Waals surface area (Å²) >= 11 is 0. The lowest BCUT2D eigenvalue weighted by Gasteiger charge is -2.12. The van der Waals surface area contributed by atoms with Gasteiger partial charge < -0.3 is 14.3 Å². The zero-order valence-electron chi connectivity index (χ0n) is 15.9. The van der Waals surface area contributed by atoms with Crippen molar-refractivity contribution in [2.75, 3.05) is 0 Å². The normalized spacial score (nSPS) is 10.5. The highest BCUT2D eigenvalue weighted by atomic mass is 16.6. The third-order valence-corrected chi connectivity index (χ3v) is 4.70. The highest BCUT2D eigenvalue weighted by Crippen LogP contribution is 2.35. The van der Waals surface area contributed by atoms with E-state index in [1.807, 2.05) is 36.4 Å². The van der Waals surface area contributed by atoms with Crippen LogP contribution in [0, 0.1) is 21.4 Å². The number of ether oxygens (including phenoxy) is 1. The molecule has 152 valence electrons. The molecule has 0 aliphatic carbocycles. The number of benzene rings is 3. The minimum atomic E-state index is -0.618. The number of hydrogen-bond acceptors (Lipinski definition) is 7. The number of non-ortho nitro benzene ring substituents is 1. The molecule has 0 fully saturated rings. The first-order valence-electron chi connectivity index (χ1n) is 9.14. The van der Waals surface area contributed by atoms with Crippen LogP contribution in [-0.4, -0.2) is 10.0 Å². The number of aromatic hydroxyl groups is 1. The van der Waals surface area contributed by atoms with Gasteiger partial charge in [-0.15, -0.1) is 0 Å². The van der Waals surface area contributed by atoms with Gasteiger partial charge in [0.05, 0.1) is 10.5 Å². The Labute approximate surface area is 175 Å². The molecule has 0 saturated carbocycles. The molecule has 0 amide bonds. The molecule has 0 radical (unpaired) electrons. The van der Waals surface area contributed by atoms with E-state index in [0.29, 0.717) is 5.56 Å². The largest absolute Gasteiger partial charge is 0.506 e. The highest BCUT2D eigenvalue weighted by Gasteiger charge is 2.22. The molecule has 3 aromatic carbocycles. The summed E-state index contributed by atoms with van der Waals surface area (Å²) in [4.78, 5) is 23.7. The van der Waals surface area contributed by atoms with Gasteiger partial charge in [0.15, 0.2) is 0 Å². The van der Waals surface area contributed by atoms with E-state index < -0.39 is 16.1 Å². The Balaban J connectivity index is 1.91. The number of nitriles is 1. The fraction of sp³-hybridized carbons (Fsp3) is 0.0435. The third kappa shape index (κ3) is 3.68. The predicted octanol–water partition coefficient (Wildman–Crippen LogP) is 4.52. The summed E-state index contributed by atoms with van der Waals surface area (Å²) in [5.74, 6) is -0.592. The summed E-state index contributed by atoms with van der Waals surface area (Å²) in [5, 5.41) is 30.4. The lowest BCUT2D eigenvalue weighted by atomic mass is 10.0. The van der Waals surface area contributed by atoms with Gasteiger partial charge in [0.2, 0.25) is 5.43 Å². The molecule has 0 unspecified atom stereocenters. The maximum atomic E-state index is 13.3. The lowest BCUT2D eigenvalue weighted by Crippen LogP contribution is -2.09. The summed E-state index contributed by atoms with van der Waals surface area (Å²) in [6.07, 6.45) is 0. The van der Waals surface area contributed by atoms with E-state index in [4.69, 9.17) is 9.15 Å². The van der Waals surface area contributed by atoms with Crippen LogP contribution in [0.5, 0.6) is 11.7 Å². The van der Waals surface area contributed by atoms with Crippen molar-refractivity contribution in [2.45, 2.75) is 6.61 Å². The standard InChI is InChI=1S/C23H14N2O6/c24-12-16-8-11-18-20(21(16)26)22(27)19(15-6-9-17(10-7-15)25(28)29)23(31-18)30-13-14-4-2-1-3-5-14/h1-11,26H,13H2. The molecule has 0 spiro atoms. The van der Waals surface area contributed by atoms with Crippen molar-refractivity contribution in [3.63, 3.8) is 0 Å². The molecule has 4 rings (SSSR count). The van der Waals surface area contributed by atoms with Crippen LogP contribution >= 0.6 is 0 Å². The number of phenolic OH excluding ortho intramolecular Hbond substituents is 1. The van der Waals surface area contributed by atoms with Gasteiger partial charge in [-0.2, -0.15) is 5.26 Å². The van der Waals surface area contributed by atoms with Crippen molar-refractivity contribution in [1.29, 1.82) is 5.26 Å². The monoisotopic (exact) mass is 414 g/mol. The molecule has 0 saturated heterocycles. The second-order valence-electron chi connectivity index (χ2n) is 6.62. The molecule has 1 aromatic heterocycles. The quantitative estimate of drug-likeness (QED) is 0.375. The van der Waals surface area contributed by atoms with Gasteiger partial charge in [0, 0.05) is 12.1 Å². The molecule has 4 aromatic rings. The molecular weight excluding hydrogens is 400 g/mol. The fourth-order valence-corrected chi connectivity index (χ4v) is 3.16. The van der Waals surface area contributed by atoms with E-state index in [-0.39, 0.29) is 40.3 Å². The summed E-state index contributed by atoms with van der Waals surface area (Å²) in [7, 11) is 0. The minimum absolute atomic E-state index is 0.0104. The highest BCUT2D eigenvalue weighted by molar-refractivity contribution is 5.90. The molecule has 1 N–H and O–H groups in total. The number of fused-ring (bicyclic) bond motifs is 1. The number of hydrogen-bond donors (Lipinski definition) is 1. The number of nitro benzene ring substituents is 1. The van der Waals surface area contributed by atoms with E-state index in [2.05, 4.69) is 0 Å². The van der Waals surface area contributed by atoms with Crippen molar-refractivity contribution in [2.24, 2.45) is 0 Å². The third-order valence-electron chi connectivity index (χ3n) is 4.70. The number of nitrogens with zero attached hydrogens (tertiary/aromatic N) is 2. The number of nitro groups is 1. The molecule has 0 aliphatic heterocycles. The summed E-state index contributed by atoms with van der Waals surface area (Å²) in [6, 6.07) is 19.1. The van der Waals surface area contributed by atoms with E-state index >= 15 is 0 Å². The van der Waals surface area contributed by atoms with Gasteiger partial charge in [-0.1, -0.05) is 30.3 Å². The van der Waals surface area contributed by atoms with Crippen LogP contribution in [0.4, 0.5) is 5.69 Å². The minimum Gasteiger partial charge on any atom is -0.506 e. The van der Waals surface area contributed by atoms with Gasteiger partial charge in [-0.3, -0.25) is 14.9 Å². The van der Waals surface area contributed by atoms with Crippen LogP contribution in [0.1, 0.15) is 11.1 Å². The van der Waals surface area contributed by atoms with Crippen LogP contribution in [0.3, 0.4) is 0 Å². The van der Waals surface area contributed by atoms with Crippen LogP contribution in [0.2, 0.25) is 0 Å². The Morgan fingerprint density at radius 1 is 1.06 bits per heavy atom. The zero-order chi connectivity index (χ0) is 22.0. The van der Waals surface area contributed by atoms with Crippen molar-refractivity contribution < 1.29 is 19.2 Å². The van der Waals surface area contributed by atoms with Crippen molar-refractivity contribution in [1.82, 2.24) is 0 Å². The Hall–Kier alpha value is -4.64. The molecule has 0 atom stereocenters. The molecule has 1 heterocycles. The maximum Gasteiger partial charge on any atom is 0.297 e. The smallest absolute Gasteiger partial charge is 0.297 e. The van der Waals surface area contributed by atoms with Gasteiger partial charge in [-0.25, -0.2) is 0 Å². The molecular formula is C23H14N2O6. The van der Waals surface area contributed by atoms with Crippen LogP contribution < -0.4 is 10.2 Å². The van der Waals surface area contributed by atoms with Gasteiger partial charge in [0.25, 0.3) is 11.6 Å². The Kier molecular flexibility index (Phi) is 5.08. The van der Waals surface area contributed by atoms with Gasteiger partial charge in [0.1, 0.15) is 35.0 Å². The topological polar surface area (TPSA) is 127 Å². The molecule has 0 aliphatic rings. The van der Waals surface area contributed by atoms with Crippen LogP contribution in [0.25, 0.3) is 22.1 Å².